The van der Waals surface area contributed by atoms with E-state index in [0.29, 0.717) is 12.0 Å². The number of nitrogens with zero attached hydrogens (tertiary/aromatic N) is 1. The molecule has 2 aliphatic carbocycles. The van der Waals surface area contributed by atoms with Gasteiger partial charge in [-0.1, -0.05) is 25.9 Å². The van der Waals surface area contributed by atoms with Crippen molar-refractivity contribution in [2.45, 2.75) is 66.5 Å². The summed E-state index contributed by atoms with van der Waals surface area (Å²) in [5, 5.41) is 10.1. The van der Waals surface area contributed by atoms with E-state index in [2.05, 4.69) is 36.6 Å². The second-order valence-corrected chi connectivity index (χ2v) is 7.79. The number of aromatic nitrogens is 1. The van der Waals surface area contributed by atoms with Gasteiger partial charge in [-0.3, -0.25) is 0 Å². The van der Waals surface area contributed by atoms with Crippen LogP contribution < -0.4 is 10.6 Å². The third-order valence-electron chi connectivity index (χ3n) is 6.71. The Balaban J connectivity index is 1.60. The van der Waals surface area contributed by atoms with Crippen molar-refractivity contribution in [1.29, 1.82) is 0 Å². The predicted octanol–water partition coefficient (Wildman–Crippen LogP) is 3.31. The van der Waals surface area contributed by atoms with Crippen molar-refractivity contribution in [3.63, 3.8) is 0 Å². The highest BCUT2D eigenvalue weighted by atomic mass is 16.5. The monoisotopic (exact) mass is 305 g/mol. The summed E-state index contributed by atoms with van der Waals surface area (Å²) < 4.78 is 5.12. The number of carbonyl (C=O) groups is 1. The highest BCUT2D eigenvalue weighted by Gasteiger charge is 2.61. The van der Waals surface area contributed by atoms with Crippen LogP contribution in [-0.2, 0) is 6.54 Å². The summed E-state index contributed by atoms with van der Waals surface area (Å²) in [5.41, 5.74) is 2.32. The molecule has 5 heteroatoms. The summed E-state index contributed by atoms with van der Waals surface area (Å²) in [4.78, 5) is 12.3. The zero-order valence-electron chi connectivity index (χ0n) is 14.2. The van der Waals surface area contributed by atoms with Gasteiger partial charge in [-0.2, -0.15) is 0 Å². The first-order valence-corrected chi connectivity index (χ1v) is 8.22. The molecule has 1 aromatic heterocycles. The third-order valence-corrected chi connectivity index (χ3v) is 6.71. The number of hydrogen-bond donors (Lipinski definition) is 2. The van der Waals surface area contributed by atoms with Gasteiger partial charge in [0, 0.05) is 18.2 Å². The molecular weight excluding hydrogens is 278 g/mol. The van der Waals surface area contributed by atoms with Gasteiger partial charge in [0.25, 0.3) is 0 Å². The molecule has 5 nitrogen and oxygen atoms in total. The van der Waals surface area contributed by atoms with Gasteiger partial charge in [0.2, 0.25) is 0 Å². The van der Waals surface area contributed by atoms with Crippen LogP contribution in [0.4, 0.5) is 4.79 Å². The molecule has 0 saturated heterocycles. The Kier molecular flexibility index (Phi) is 3.49. The molecule has 1 heterocycles. The second kappa shape index (κ2) is 5.00. The predicted molar refractivity (Wildman–Crippen MR) is 84.4 cm³/mol. The van der Waals surface area contributed by atoms with E-state index in [-0.39, 0.29) is 17.5 Å². The zero-order valence-corrected chi connectivity index (χ0v) is 14.2. The first-order chi connectivity index (χ1) is 10.3. The van der Waals surface area contributed by atoms with Crippen molar-refractivity contribution in [1.82, 2.24) is 15.8 Å². The van der Waals surface area contributed by atoms with Gasteiger partial charge in [-0.05, 0) is 49.9 Å². The van der Waals surface area contributed by atoms with Gasteiger partial charge in [0.15, 0.2) is 0 Å². The molecule has 0 aromatic carbocycles. The molecule has 22 heavy (non-hydrogen) atoms. The third kappa shape index (κ3) is 2.13. The van der Waals surface area contributed by atoms with Gasteiger partial charge in [0.05, 0.1) is 5.69 Å². The van der Waals surface area contributed by atoms with Gasteiger partial charge < -0.3 is 15.2 Å². The molecule has 2 fully saturated rings. The fourth-order valence-corrected chi connectivity index (χ4v) is 4.55. The summed E-state index contributed by atoms with van der Waals surface area (Å²) in [5.74, 6) is 1.50. The van der Waals surface area contributed by atoms with Crippen LogP contribution in [0.25, 0.3) is 0 Å². The standard InChI is InChI=1S/C17H27N3O2/c1-10-13(11(2)22-20-10)9-18-15(21)19-14-8-12-6-7-17(14,5)16(12,3)4/h12,14H,6-9H2,1-5H3,(H2,18,19,21). The van der Waals surface area contributed by atoms with E-state index in [9.17, 15) is 4.79 Å². The molecule has 2 amide bonds. The Morgan fingerprint density at radius 2 is 2.09 bits per heavy atom. The van der Waals surface area contributed by atoms with Crippen LogP contribution in [0.2, 0.25) is 0 Å². The normalized spacial score (nSPS) is 32.2. The zero-order chi connectivity index (χ0) is 16.1. The number of aryl methyl sites for hydroxylation is 2. The summed E-state index contributed by atoms with van der Waals surface area (Å²) in [7, 11) is 0. The molecule has 0 radical (unpaired) electrons. The number of hydrogen-bond acceptors (Lipinski definition) is 3. The van der Waals surface area contributed by atoms with Crippen LogP contribution in [0.5, 0.6) is 0 Å². The molecule has 2 aliphatic rings. The lowest BCUT2D eigenvalue weighted by molar-refractivity contribution is 0.123. The molecule has 3 rings (SSSR count). The van der Waals surface area contributed by atoms with Gasteiger partial charge in [0.1, 0.15) is 5.76 Å². The molecule has 1 aromatic rings. The van der Waals surface area contributed by atoms with Crippen LogP contribution in [0.1, 0.15) is 57.1 Å². The van der Waals surface area contributed by atoms with Crippen LogP contribution in [0.15, 0.2) is 4.52 Å². The largest absolute Gasteiger partial charge is 0.361 e. The maximum atomic E-state index is 12.3. The lowest BCUT2D eigenvalue weighted by atomic mass is 9.69. The average molecular weight is 305 g/mol. The van der Waals surface area contributed by atoms with Crippen molar-refractivity contribution < 1.29 is 9.32 Å². The Hall–Kier alpha value is -1.52. The Morgan fingerprint density at radius 1 is 1.36 bits per heavy atom. The van der Waals surface area contributed by atoms with Crippen LogP contribution >= 0.6 is 0 Å². The SMILES string of the molecule is Cc1noc(C)c1CNC(=O)NC1CC2CCC1(C)C2(C)C. The molecule has 2 bridgehead atoms. The molecule has 2 saturated carbocycles. The molecule has 0 spiro atoms. The topological polar surface area (TPSA) is 67.2 Å². The van der Waals surface area contributed by atoms with E-state index >= 15 is 0 Å². The van der Waals surface area contributed by atoms with E-state index in [1.54, 1.807) is 0 Å². The van der Waals surface area contributed by atoms with Gasteiger partial charge in [-0.15, -0.1) is 0 Å². The fraction of sp³-hybridized carbons (Fsp3) is 0.765. The van der Waals surface area contributed by atoms with Crippen molar-refractivity contribution in [2.75, 3.05) is 0 Å². The number of amides is 2. The first-order valence-electron chi connectivity index (χ1n) is 8.22. The maximum Gasteiger partial charge on any atom is 0.315 e. The number of carbonyl (C=O) groups excluding carboxylic acids is 1. The molecule has 3 unspecified atom stereocenters. The first kappa shape index (κ1) is 15.4. The number of urea groups is 1. The highest BCUT2D eigenvalue weighted by Crippen LogP contribution is 2.65. The number of fused-ring (bicyclic) bond motifs is 2. The molecule has 3 atom stereocenters. The minimum absolute atomic E-state index is 0.0884. The van der Waals surface area contributed by atoms with E-state index in [1.807, 2.05) is 13.8 Å². The van der Waals surface area contributed by atoms with Crippen LogP contribution in [-0.4, -0.2) is 17.2 Å². The smallest absolute Gasteiger partial charge is 0.315 e. The van der Waals surface area contributed by atoms with Crippen molar-refractivity contribution >= 4 is 6.03 Å². The summed E-state index contributed by atoms with van der Waals surface area (Å²) in [6.07, 6.45) is 3.60. The highest BCUT2D eigenvalue weighted by molar-refractivity contribution is 5.74. The van der Waals surface area contributed by atoms with Crippen molar-refractivity contribution in [3.05, 3.63) is 17.0 Å². The van der Waals surface area contributed by atoms with E-state index in [4.69, 9.17) is 4.52 Å². The molecule has 122 valence electrons. The number of rotatable bonds is 3. The van der Waals surface area contributed by atoms with Gasteiger partial charge >= 0.3 is 6.03 Å². The Bertz CT molecular complexity index is 573. The quantitative estimate of drug-likeness (QED) is 0.900. The van der Waals surface area contributed by atoms with E-state index in [0.717, 1.165) is 29.4 Å². The van der Waals surface area contributed by atoms with Crippen LogP contribution in [0, 0.1) is 30.6 Å². The minimum Gasteiger partial charge on any atom is -0.361 e. The fourth-order valence-electron chi connectivity index (χ4n) is 4.55. The summed E-state index contributed by atoms with van der Waals surface area (Å²) in [6.45, 7) is 11.3. The molecular formula is C17H27N3O2. The van der Waals surface area contributed by atoms with Crippen molar-refractivity contribution in [3.8, 4) is 0 Å². The van der Waals surface area contributed by atoms with E-state index < -0.39 is 0 Å². The summed E-state index contributed by atoms with van der Waals surface area (Å²) in [6, 6.07) is 0.181. The summed E-state index contributed by atoms with van der Waals surface area (Å²) >= 11 is 0. The number of nitrogens with one attached hydrogen (secondary N) is 2. The second-order valence-electron chi connectivity index (χ2n) is 7.79. The maximum absolute atomic E-state index is 12.3. The molecule has 0 aliphatic heterocycles. The average Bonchev–Trinajstić information content (AvgIpc) is 2.94. The lowest BCUT2D eigenvalue weighted by Gasteiger charge is -2.39. The van der Waals surface area contributed by atoms with Crippen molar-refractivity contribution in [2.24, 2.45) is 16.7 Å². The molecule has 2 N–H and O–H groups in total. The van der Waals surface area contributed by atoms with Crippen LogP contribution in [0.3, 0.4) is 0 Å². The minimum atomic E-state index is -0.0884. The Labute approximate surface area is 132 Å². The lowest BCUT2D eigenvalue weighted by Crippen LogP contribution is -2.50. The van der Waals surface area contributed by atoms with E-state index in [1.165, 1.54) is 12.8 Å². The Morgan fingerprint density at radius 3 is 2.59 bits per heavy atom. The van der Waals surface area contributed by atoms with Gasteiger partial charge in [-0.25, -0.2) is 4.79 Å².